The van der Waals surface area contributed by atoms with Crippen LogP contribution in [0.4, 0.5) is 0 Å². The number of rotatable bonds is 5. The number of ether oxygens (including phenoxy) is 2. The van der Waals surface area contributed by atoms with Gasteiger partial charge in [-0.3, -0.25) is 4.90 Å². The lowest BCUT2D eigenvalue weighted by Crippen LogP contribution is -2.40. The van der Waals surface area contributed by atoms with Gasteiger partial charge in [-0.25, -0.2) is 13.1 Å². The van der Waals surface area contributed by atoms with Gasteiger partial charge in [0.05, 0.1) is 6.26 Å². The maximum atomic E-state index is 11.6. The Morgan fingerprint density at radius 1 is 1.17 bits per heavy atom. The number of fused-ring (bicyclic) bond motifs is 1. The van der Waals surface area contributed by atoms with Crippen LogP contribution < -0.4 is 14.2 Å². The third kappa shape index (κ3) is 3.68. The van der Waals surface area contributed by atoms with Crippen LogP contribution in [0.5, 0.6) is 11.5 Å². The Balaban J connectivity index is 1.45. The summed E-state index contributed by atoms with van der Waals surface area (Å²) in [7, 11) is -3.17. The number of hydrogen-bond donors (Lipinski definition) is 1. The Labute approximate surface area is 143 Å². The summed E-state index contributed by atoms with van der Waals surface area (Å²) in [5.41, 5.74) is 1.17. The van der Waals surface area contributed by atoms with Gasteiger partial charge in [-0.15, -0.1) is 0 Å². The summed E-state index contributed by atoms with van der Waals surface area (Å²) in [6.07, 6.45) is 3.70. The van der Waals surface area contributed by atoms with Crippen LogP contribution in [-0.4, -0.2) is 51.9 Å². The smallest absolute Gasteiger partial charge is 0.209 e. The molecule has 132 valence electrons. The zero-order valence-electron chi connectivity index (χ0n) is 13.9. The van der Waals surface area contributed by atoms with Crippen molar-refractivity contribution in [2.75, 3.05) is 32.6 Å². The molecule has 0 spiro atoms. The molecule has 0 radical (unpaired) electrons. The van der Waals surface area contributed by atoms with Crippen molar-refractivity contribution in [3.05, 3.63) is 23.8 Å². The quantitative estimate of drug-likeness (QED) is 0.863. The third-order valence-corrected chi connectivity index (χ3v) is 5.78. The van der Waals surface area contributed by atoms with Crippen LogP contribution in [-0.2, 0) is 16.6 Å². The molecule has 0 unspecified atom stereocenters. The number of nitrogens with zero attached hydrogens (tertiary/aromatic N) is 1. The van der Waals surface area contributed by atoms with Gasteiger partial charge in [-0.2, -0.15) is 0 Å². The summed E-state index contributed by atoms with van der Waals surface area (Å²) in [6, 6.07) is 6.10. The van der Waals surface area contributed by atoms with Crippen LogP contribution in [0.25, 0.3) is 0 Å². The second-order valence-corrected chi connectivity index (χ2v) is 8.95. The van der Waals surface area contributed by atoms with E-state index in [9.17, 15) is 8.42 Å². The molecule has 0 bridgehead atoms. The number of sulfonamides is 1. The predicted octanol–water partition coefficient (Wildman–Crippen LogP) is 1.22. The molecule has 1 N–H and O–H groups in total. The Hall–Kier alpha value is -1.31. The first-order chi connectivity index (χ1) is 11.5. The lowest BCUT2D eigenvalue weighted by atomic mass is 9.99. The van der Waals surface area contributed by atoms with Crippen LogP contribution in [0.2, 0.25) is 0 Å². The van der Waals surface area contributed by atoms with Crippen molar-refractivity contribution in [3.63, 3.8) is 0 Å². The van der Waals surface area contributed by atoms with Crippen LogP contribution in [0, 0.1) is 11.8 Å². The van der Waals surface area contributed by atoms with Gasteiger partial charge in [-0.1, -0.05) is 6.07 Å². The first-order valence-corrected chi connectivity index (χ1v) is 10.5. The second kappa shape index (κ2) is 6.20. The number of benzene rings is 1. The fraction of sp³-hybridized carbons (Fsp3) is 0.647. The average molecular weight is 352 g/mol. The molecule has 1 aliphatic carbocycles. The molecule has 7 heteroatoms. The molecule has 1 aromatic rings. The monoisotopic (exact) mass is 352 g/mol. The van der Waals surface area contributed by atoms with Gasteiger partial charge in [0.1, 0.15) is 13.2 Å². The van der Waals surface area contributed by atoms with Crippen LogP contribution >= 0.6 is 0 Å². The van der Waals surface area contributed by atoms with E-state index in [1.165, 1.54) is 24.7 Å². The molecule has 1 saturated heterocycles. The first-order valence-electron chi connectivity index (χ1n) is 8.56. The SMILES string of the molecule is CS(=O)(=O)N[C@H]1CN(Cc2ccc3c(c2)OCCO3)C[C@@H]1C1CC1. The van der Waals surface area contributed by atoms with Gasteiger partial charge >= 0.3 is 0 Å². The Morgan fingerprint density at radius 3 is 2.62 bits per heavy atom. The minimum Gasteiger partial charge on any atom is -0.486 e. The highest BCUT2D eigenvalue weighted by atomic mass is 32.2. The van der Waals surface area contributed by atoms with Crippen molar-refractivity contribution in [2.45, 2.75) is 25.4 Å². The summed E-state index contributed by atoms with van der Waals surface area (Å²) in [5, 5.41) is 0. The zero-order chi connectivity index (χ0) is 16.7. The van der Waals surface area contributed by atoms with Gasteiger partial charge in [0, 0.05) is 25.7 Å². The van der Waals surface area contributed by atoms with Gasteiger partial charge in [0.15, 0.2) is 11.5 Å². The first kappa shape index (κ1) is 16.2. The molecule has 3 aliphatic rings. The van der Waals surface area contributed by atoms with Crippen molar-refractivity contribution < 1.29 is 17.9 Å². The summed E-state index contributed by atoms with van der Waals surface area (Å²) in [5.74, 6) is 2.72. The van der Waals surface area contributed by atoms with E-state index in [0.717, 1.165) is 31.1 Å². The van der Waals surface area contributed by atoms with Crippen molar-refractivity contribution in [1.29, 1.82) is 0 Å². The number of nitrogens with one attached hydrogen (secondary N) is 1. The van der Waals surface area contributed by atoms with E-state index in [0.29, 0.717) is 25.0 Å². The molecule has 2 atom stereocenters. The van der Waals surface area contributed by atoms with Crippen molar-refractivity contribution >= 4 is 10.0 Å². The fourth-order valence-electron chi connectivity index (χ4n) is 3.89. The molecule has 1 aromatic carbocycles. The predicted molar refractivity (Wildman–Crippen MR) is 90.7 cm³/mol. The van der Waals surface area contributed by atoms with Crippen molar-refractivity contribution in [3.8, 4) is 11.5 Å². The number of hydrogen-bond acceptors (Lipinski definition) is 5. The average Bonchev–Trinajstić information content (AvgIpc) is 3.29. The molecule has 24 heavy (non-hydrogen) atoms. The summed E-state index contributed by atoms with van der Waals surface area (Å²) in [4.78, 5) is 2.34. The molecule has 6 nitrogen and oxygen atoms in total. The van der Waals surface area contributed by atoms with Crippen LogP contribution in [0.15, 0.2) is 18.2 Å². The van der Waals surface area contributed by atoms with E-state index in [-0.39, 0.29) is 6.04 Å². The van der Waals surface area contributed by atoms with E-state index in [2.05, 4.69) is 15.7 Å². The summed E-state index contributed by atoms with van der Waals surface area (Å²) in [6.45, 7) is 3.71. The molecule has 2 heterocycles. The largest absolute Gasteiger partial charge is 0.486 e. The maximum absolute atomic E-state index is 11.6. The summed E-state index contributed by atoms with van der Waals surface area (Å²) >= 11 is 0. The molecule has 0 aromatic heterocycles. The topological polar surface area (TPSA) is 67.9 Å². The van der Waals surface area contributed by atoms with E-state index < -0.39 is 10.0 Å². The van der Waals surface area contributed by atoms with Gasteiger partial charge < -0.3 is 9.47 Å². The molecular formula is C17H24N2O4S. The van der Waals surface area contributed by atoms with Crippen molar-refractivity contribution in [1.82, 2.24) is 9.62 Å². The van der Waals surface area contributed by atoms with E-state index >= 15 is 0 Å². The van der Waals surface area contributed by atoms with E-state index in [4.69, 9.17) is 9.47 Å². The van der Waals surface area contributed by atoms with Crippen LogP contribution in [0.3, 0.4) is 0 Å². The minimum atomic E-state index is -3.17. The summed E-state index contributed by atoms with van der Waals surface area (Å²) < 4.78 is 37.3. The molecule has 4 rings (SSSR count). The zero-order valence-corrected chi connectivity index (χ0v) is 14.7. The lowest BCUT2D eigenvalue weighted by molar-refractivity contribution is 0.171. The number of likely N-dealkylation sites (tertiary alicyclic amines) is 1. The third-order valence-electron chi connectivity index (χ3n) is 5.05. The Bertz CT molecular complexity index is 717. The molecule has 1 saturated carbocycles. The van der Waals surface area contributed by atoms with Crippen molar-refractivity contribution in [2.24, 2.45) is 11.8 Å². The lowest BCUT2D eigenvalue weighted by Gasteiger charge is -2.21. The van der Waals surface area contributed by atoms with Crippen LogP contribution in [0.1, 0.15) is 18.4 Å². The molecule has 0 amide bonds. The second-order valence-electron chi connectivity index (χ2n) is 7.17. The maximum Gasteiger partial charge on any atom is 0.209 e. The Kier molecular flexibility index (Phi) is 4.18. The Morgan fingerprint density at radius 2 is 1.92 bits per heavy atom. The molecule has 2 aliphatic heterocycles. The fourth-order valence-corrected chi connectivity index (χ4v) is 4.69. The van der Waals surface area contributed by atoms with Gasteiger partial charge in [0.2, 0.25) is 10.0 Å². The standard InChI is InChI=1S/C17H24N2O4S/c1-24(20,21)18-15-11-19(10-14(15)13-3-4-13)9-12-2-5-16-17(8-12)23-7-6-22-16/h2,5,8,13-15,18H,3-4,6-7,9-11H2,1H3/t14-,15+/m1/s1. The molecule has 2 fully saturated rings. The van der Waals surface area contributed by atoms with Gasteiger partial charge in [-0.05, 0) is 42.4 Å². The normalized spacial score (nSPS) is 27.4. The highest BCUT2D eigenvalue weighted by molar-refractivity contribution is 7.88. The highest BCUT2D eigenvalue weighted by Gasteiger charge is 2.43. The highest BCUT2D eigenvalue weighted by Crippen LogP contribution is 2.42. The van der Waals surface area contributed by atoms with E-state index in [1.54, 1.807) is 0 Å². The van der Waals surface area contributed by atoms with E-state index in [1.807, 2.05) is 12.1 Å². The van der Waals surface area contributed by atoms with Gasteiger partial charge in [0.25, 0.3) is 0 Å². The minimum absolute atomic E-state index is 0.0321. The molecular weight excluding hydrogens is 328 g/mol.